The van der Waals surface area contributed by atoms with Gasteiger partial charge in [-0.1, -0.05) is 13.3 Å². The first kappa shape index (κ1) is 11.9. The van der Waals surface area contributed by atoms with E-state index < -0.39 is 0 Å². The van der Waals surface area contributed by atoms with E-state index in [1.165, 1.54) is 18.8 Å². The van der Waals surface area contributed by atoms with Crippen LogP contribution < -0.4 is 0 Å². The first-order valence-electron chi connectivity index (χ1n) is 6.14. The fourth-order valence-corrected chi connectivity index (χ4v) is 2.32. The van der Waals surface area contributed by atoms with Crippen LogP contribution in [0.4, 0.5) is 0 Å². The van der Waals surface area contributed by atoms with Gasteiger partial charge in [0.05, 0.1) is 11.8 Å². The second-order valence-corrected chi connectivity index (χ2v) is 4.56. The van der Waals surface area contributed by atoms with Gasteiger partial charge in [-0.2, -0.15) is 0 Å². The summed E-state index contributed by atoms with van der Waals surface area (Å²) in [4.78, 5) is 17.8. The molecule has 4 nitrogen and oxygen atoms in total. The van der Waals surface area contributed by atoms with Crippen LogP contribution in [0.5, 0.6) is 5.75 Å². The van der Waals surface area contributed by atoms with E-state index in [2.05, 4.69) is 11.9 Å². The van der Waals surface area contributed by atoms with Crippen LogP contribution in [0, 0.1) is 5.92 Å². The minimum atomic E-state index is -0.0805. The van der Waals surface area contributed by atoms with Gasteiger partial charge in [-0.25, -0.2) is 0 Å². The van der Waals surface area contributed by atoms with Gasteiger partial charge >= 0.3 is 0 Å². The zero-order chi connectivity index (χ0) is 12.3. The first-order chi connectivity index (χ1) is 8.22. The van der Waals surface area contributed by atoms with E-state index in [9.17, 15) is 9.90 Å². The summed E-state index contributed by atoms with van der Waals surface area (Å²) in [5.41, 5.74) is 0.358. The monoisotopic (exact) mass is 234 g/mol. The van der Waals surface area contributed by atoms with Gasteiger partial charge in [0.1, 0.15) is 5.75 Å². The third-order valence-electron chi connectivity index (χ3n) is 3.41. The zero-order valence-electron chi connectivity index (χ0n) is 10.1. The maximum atomic E-state index is 12.2. The highest BCUT2D eigenvalue weighted by molar-refractivity contribution is 5.96. The Bertz CT molecular complexity index is 406. The highest BCUT2D eigenvalue weighted by Gasteiger charge is 2.24. The van der Waals surface area contributed by atoms with E-state index >= 15 is 0 Å². The third-order valence-corrected chi connectivity index (χ3v) is 3.41. The van der Waals surface area contributed by atoms with Crippen LogP contribution in [0.3, 0.4) is 0 Å². The van der Waals surface area contributed by atoms with Crippen molar-refractivity contribution in [2.24, 2.45) is 5.92 Å². The number of carbonyl (C=O) groups excluding carboxylic acids is 1. The Morgan fingerprint density at radius 3 is 3.18 bits per heavy atom. The molecule has 1 unspecified atom stereocenters. The minimum absolute atomic E-state index is 0.0314. The van der Waals surface area contributed by atoms with Crippen LogP contribution in [0.15, 0.2) is 18.5 Å². The number of carbonyl (C=O) groups is 1. The normalized spacial score (nSPS) is 20.3. The molecule has 1 aliphatic rings. The molecule has 1 N–H and O–H groups in total. The smallest absolute Gasteiger partial charge is 0.257 e. The Labute approximate surface area is 101 Å². The Morgan fingerprint density at radius 2 is 2.47 bits per heavy atom. The Balaban J connectivity index is 2.12. The molecule has 0 bridgehead atoms. The van der Waals surface area contributed by atoms with Crippen LogP contribution in [0.25, 0.3) is 0 Å². The molecule has 92 valence electrons. The summed E-state index contributed by atoms with van der Waals surface area (Å²) in [6.07, 6.45) is 6.20. The van der Waals surface area contributed by atoms with Crippen LogP contribution >= 0.6 is 0 Å². The molecular formula is C13H18N2O2. The number of hydrogen-bond donors (Lipinski definition) is 1. The molecule has 1 atom stereocenters. The molecule has 0 aliphatic carbocycles. The van der Waals surface area contributed by atoms with E-state index in [0.29, 0.717) is 11.5 Å². The lowest BCUT2D eigenvalue weighted by Crippen LogP contribution is -2.39. The van der Waals surface area contributed by atoms with Crippen LogP contribution in [-0.4, -0.2) is 34.0 Å². The van der Waals surface area contributed by atoms with Crippen molar-refractivity contribution in [2.75, 3.05) is 13.1 Å². The van der Waals surface area contributed by atoms with Gasteiger partial charge < -0.3 is 10.0 Å². The summed E-state index contributed by atoms with van der Waals surface area (Å²) in [6, 6.07) is 1.58. The van der Waals surface area contributed by atoms with Gasteiger partial charge in [-0.3, -0.25) is 9.78 Å². The summed E-state index contributed by atoms with van der Waals surface area (Å²) in [7, 11) is 0. The van der Waals surface area contributed by atoms with E-state index in [1.807, 2.05) is 4.90 Å². The van der Waals surface area contributed by atoms with Crippen molar-refractivity contribution in [2.45, 2.75) is 26.2 Å². The van der Waals surface area contributed by atoms with E-state index in [-0.39, 0.29) is 11.7 Å². The van der Waals surface area contributed by atoms with Crippen molar-refractivity contribution < 1.29 is 9.90 Å². The number of piperidine rings is 1. The van der Waals surface area contributed by atoms with Gasteiger partial charge in [-0.15, -0.1) is 0 Å². The summed E-state index contributed by atoms with van der Waals surface area (Å²) >= 11 is 0. The highest BCUT2D eigenvalue weighted by atomic mass is 16.3. The number of hydrogen-bond acceptors (Lipinski definition) is 3. The van der Waals surface area contributed by atoms with Crippen LogP contribution in [0.2, 0.25) is 0 Å². The molecule has 1 aromatic heterocycles. The van der Waals surface area contributed by atoms with Gasteiger partial charge in [0, 0.05) is 19.3 Å². The van der Waals surface area contributed by atoms with E-state index in [1.54, 1.807) is 6.07 Å². The van der Waals surface area contributed by atoms with Crippen molar-refractivity contribution in [1.82, 2.24) is 9.88 Å². The van der Waals surface area contributed by atoms with Gasteiger partial charge in [0.2, 0.25) is 0 Å². The van der Waals surface area contributed by atoms with Crippen molar-refractivity contribution >= 4 is 5.91 Å². The molecule has 1 aromatic rings. The molecule has 4 heteroatoms. The molecule has 1 saturated heterocycles. The van der Waals surface area contributed by atoms with Crippen molar-refractivity contribution in [3.63, 3.8) is 0 Å². The standard InChI is InChI=1S/C13H18N2O2/c1-2-10-4-3-7-15(9-10)13(17)11-5-6-14-8-12(11)16/h5-6,8,10,16H,2-4,7,9H2,1H3. The lowest BCUT2D eigenvalue weighted by atomic mass is 9.95. The average molecular weight is 234 g/mol. The quantitative estimate of drug-likeness (QED) is 0.852. The molecule has 1 amide bonds. The van der Waals surface area contributed by atoms with Gasteiger partial charge in [-0.05, 0) is 24.8 Å². The molecule has 1 aliphatic heterocycles. The molecule has 0 spiro atoms. The lowest BCUT2D eigenvalue weighted by Gasteiger charge is -2.32. The minimum Gasteiger partial charge on any atom is -0.505 e. The first-order valence-corrected chi connectivity index (χ1v) is 6.14. The Hall–Kier alpha value is -1.58. The number of aromatic hydroxyl groups is 1. The predicted octanol–water partition coefficient (Wildman–Crippen LogP) is 2.05. The lowest BCUT2D eigenvalue weighted by molar-refractivity contribution is 0.0668. The topological polar surface area (TPSA) is 53.4 Å². The average Bonchev–Trinajstić information content (AvgIpc) is 2.38. The second kappa shape index (κ2) is 5.17. The molecule has 2 rings (SSSR count). The van der Waals surface area contributed by atoms with Crippen molar-refractivity contribution in [3.05, 3.63) is 24.0 Å². The second-order valence-electron chi connectivity index (χ2n) is 4.56. The number of amides is 1. The fraction of sp³-hybridized carbons (Fsp3) is 0.538. The summed E-state index contributed by atoms with van der Waals surface area (Å²) in [5.74, 6) is 0.482. The van der Waals surface area contributed by atoms with Crippen LogP contribution in [-0.2, 0) is 0 Å². The summed E-state index contributed by atoms with van der Waals surface area (Å²) < 4.78 is 0. The highest BCUT2D eigenvalue weighted by Crippen LogP contribution is 2.23. The van der Waals surface area contributed by atoms with E-state index in [0.717, 1.165) is 25.9 Å². The largest absolute Gasteiger partial charge is 0.505 e. The number of nitrogens with zero attached hydrogens (tertiary/aromatic N) is 2. The molecule has 0 aromatic carbocycles. The van der Waals surface area contributed by atoms with Gasteiger partial charge in [0.15, 0.2) is 0 Å². The Kier molecular flexibility index (Phi) is 3.61. The SMILES string of the molecule is CCC1CCCN(C(=O)c2ccncc2O)C1. The summed E-state index contributed by atoms with van der Waals surface area (Å²) in [6.45, 7) is 3.75. The third kappa shape index (κ3) is 2.57. The maximum Gasteiger partial charge on any atom is 0.257 e. The predicted molar refractivity (Wildman–Crippen MR) is 64.8 cm³/mol. The zero-order valence-corrected chi connectivity index (χ0v) is 10.1. The van der Waals surface area contributed by atoms with E-state index in [4.69, 9.17) is 0 Å². The molecule has 2 heterocycles. The molecule has 0 radical (unpaired) electrons. The number of rotatable bonds is 2. The number of likely N-dealkylation sites (tertiary alicyclic amines) is 1. The summed E-state index contributed by atoms with van der Waals surface area (Å²) in [5, 5.41) is 9.62. The molecular weight excluding hydrogens is 216 g/mol. The number of aromatic nitrogens is 1. The van der Waals surface area contributed by atoms with Gasteiger partial charge in [0.25, 0.3) is 5.91 Å². The fourth-order valence-electron chi connectivity index (χ4n) is 2.32. The maximum absolute atomic E-state index is 12.2. The van der Waals surface area contributed by atoms with Crippen molar-refractivity contribution in [1.29, 1.82) is 0 Å². The van der Waals surface area contributed by atoms with Crippen molar-refractivity contribution in [3.8, 4) is 5.75 Å². The Morgan fingerprint density at radius 1 is 1.65 bits per heavy atom. The molecule has 17 heavy (non-hydrogen) atoms. The molecule has 1 fully saturated rings. The number of pyridine rings is 1. The van der Waals surface area contributed by atoms with Crippen LogP contribution in [0.1, 0.15) is 36.5 Å². The molecule has 0 saturated carbocycles.